The van der Waals surface area contributed by atoms with Crippen LogP contribution in [0, 0.1) is 17.0 Å². The molecule has 3 aromatic heterocycles. The fourth-order valence-corrected chi connectivity index (χ4v) is 4.75. The lowest BCUT2D eigenvalue weighted by molar-refractivity contribution is -0.133. The van der Waals surface area contributed by atoms with Crippen molar-refractivity contribution >= 4 is 22.5 Å². The van der Waals surface area contributed by atoms with Crippen LogP contribution >= 0.6 is 0 Å². The highest BCUT2D eigenvalue weighted by Crippen LogP contribution is 2.49. The van der Waals surface area contributed by atoms with Gasteiger partial charge in [0.25, 0.3) is 11.8 Å². The number of fused-ring (bicyclic) bond motifs is 1. The van der Waals surface area contributed by atoms with Crippen LogP contribution in [-0.4, -0.2) is 38.8 Å². The van der Waals surface area contributed by atoms with E-state index >= 15 is 4.39 Å². The van der Waals surface area contributed by atoms with Gasteiger partial charge in [-0.1, -0.05) is 12.1 Å². The van der Waals surface area contributed by atoms with E-state index in [1.54, 1.807) is 18.2 Å². The lowest BCUT2D eigenvalue weighted by Crippen LogP contribution is -2.29. The Labute approximate surface area is 232 Å². The number of hydrogen-bond donors (Lipinski definition) is 0. The predicted molar refractivity (Wildman–Crippen MR) is 141 cm³/mol. The zero-order valence-electron chi connectivity index (χ0n) is 21.8. The van der Waals surface area contributed by atoms with E-state index in [1.807, 2.05) is 0 Å². The molecule has 1 aliphatic rings. The number of halogens is 2. The first kappa shape index (κ1) is 26.2. The SMILES string of the molecule is COc1cc2nccc(Oc3ncc(CC(=O)C4(C(=O)Cc5ccc(F)cc5)CC4)cc3F)c2cc1-c1nnco1. The highest BCUT2D eigenvalue weighted by molar-refractivity contribution is 6.10. The van der Waals surface area contributed by atoms with Crippen LogP contribution in [0.3, 0.4) is 0 Å². The number of hydrogen-bond acceptors (Lipinski definition) is 9. The number of ketones is 2. The summed E-state index contributed by atoms with van der Waals surface area (Å²) < 4.78 is 44.9. The minimum atomic E-state index is -1.09. The summed E-state index contributed by atoms with van der Waals surface area (Å²) in [5.41, 5.74) is 0.887. The second-order valence-corrected chi connectivity index (χ2v) is 9.76. The molecule has 41 heavy (non-hydrogen) atoms. The number of ether oxygens (including phenoxy) is 2. The smallest absolute Gasteiger partial charge is 0.255 e. The van der Waals surface area contributed by atoms with E-state index in [0.717, 1.165) is 0 Å². The molecule has 0 N–H and O–H groups in total. The number of benzene rings is 2. The average molecular weight is 557 g/mol. The largest absolute Gasteiger partial charge is 0.496 e. The standard InChI is InChI=1S/C30H22F2N4O5/c1-39-25-14-23-20(13-21(25)28-36-35-16-40-28)24(6-9-33-23)41-29-22(32)10-18(15-34-29)12-27(38)30(7-8-30)26(37)11-17-2-4-19(31)5-3-17/h2-6,9-10,13-16H,7-8,11-12H2,1H3. The zero-order valence-corrected chi connectivity index (χ0v) is 21.8. The second-order valence-electron chi connectivity index (χ2n) is 9.76. The molecule has 206 valence electrons. The average Bonchev–Trinajstić information content (AvgIpc) is 3.62. The maximum atomic E-state index is 15.1. The van der Waals surface area contributed by atoms with E-state index < -0.39 is 17.0 Å². The predicted octanol–water partition coefficient (Wildman–Crippen LogP) is 5.46. The Morgan fingerprint density at radius 1 is 0.951 bits per heavy atom. The molecule has 0 radical (unpaired) electrons. The topological polar surface area (TPSA) is 117 Å². The first-order chi connectivity index (χ1) is 19.9. The maximum Gasteiger partial charge on any atom is 0.255 e. The fourth-order valence-electron chi connectivity index (χ4n) is 4.75. The van der Waals surface area contributed by atoms with Gasteiger partial charge in [0.1, 0.15) is 17.3 Å². The summed E-state index contributed by atoms with van der Waals surface area (Å²) in [5, 5.41) is 8.15. The number of aromatic nitrogens is 4. The Morgan fingerprint density at radius 3 is 2.37 bits per heavy atom. The normalized spacial score (nSPS) is 13.6. The van der Waals surface area contributed by atoms with Crippen LogP contribution in [0.15, 0.2) is 71.7 Å². The molecule has 5 aromatic rings. The van der Waals surface area contributed by atoms with Crippen LogP contribution in [0.1, 0.15) is 24.0 Å². The van der Waals surface area contributed by atoms with Crippen molar-refractivity contribution in [3.63, 3.8) is 0 Å². The van der Waals surface area contributed by atoms with Gasteiger partial charge in [0, 0.05) is 36.7 Å². The van der Waals surface area contributed by atoms with E-state index in [2.05, 4.69) is 20.2 Å². The number of methoxy groups -OCH3 is 1. The van der Waals surface area contributed by atoms with Crippen molar-refractivity contribution in [1.82, 2.24) is 20.2 Å². The van der Waals surface area contributed by atoms with Gasteiger partial charge in [-0.05, 0) is 54.3 Å². The summed E-state index contributed by atoms with van der Waals surface area (Å²) in [5.74, 6) is -1.02. The van der Waals surface area contributed by atoms with Crippen LogP contribution in [0.4, 0.5) is 8.78 Å². The number of rotatable bonds is 10. The molecule has 0 bridgehead atoms. The number of carbonyl (C=O) groups excluding carboxylic acids is 2. The lowest BCUT2D eigenvalue weighted by Gasteiger charge is -2.14. The van der Waals surface area contributed by atoms with Crippen LogP contribution in [-0.2, 0) is 22.4 Å². The third kappa shape index (κ3) is 5.13. The van der Waals surface area contributed by atoms with Crippen LogP contribution in [0.25, 0.3) is 22.4 Å². The van der Waals surface area contributed by atoms with E-state index in [0.29, 0.717) is 46.2 Å². The van der Waals surface area contributed by atoms with E-state index in [4.69, 9.17) is 13.9 Å². The molecule has 0 saturated heterocycles. The molecular weight excluding hydrogens is 534 g/mol. The van der Waals surface area contributed by atoms with Crippen molar-refractivity contribution < 1.29 is 32.3 Å². The molecular formula is C30H22F2N4O5. The lowest BCUT2D eigenvalue weighted by atomic mass is 9.88. The molecule has 2 aromatic carbocycles. The van der Waals surface area contributed by atoms with E-state index in [-0.39, 0.29) is 41.9 Å². The third-order valence-corrected chi connectivity index (χ3v) is 7.14. The molecule has 1 aliphatic carbocycles. The maximum absolute atomic E-state index is 15.1. The Balaban J connectivity index is 1.20. The minimum Gasteiger partial charge on any atom is -0.496 e. The zero-order chi connectivity index (χ0) is 28.6. The van der Waals surface area contributed by atoms with Gasteiger partial charge >= 0.3 is 0 Å². The number of carbonyl (C=O) groups is 2. The molecule has 0 atom stereocenters. The third-order valence-electron chi connectivity index (χ3n) is 7.14. The van der Waals surface area contributed by atoms with Gasteiger partial charge in [-0.3, -0.25) is 14.6 Å². The van der Waals surface area contributed by atoms with Crippen molar-refractivity contribution in [2.24, 2.45) is 5.41 Å². The number of pyridine rings is 2. The first-order valence-corrected chi connectivity index (χ1v) is 12.7. The molecule has 1 fully saturated rings. The number of nitrogens with zero attached hydrogens (tertiary/aromatic N) is 4. The molecule has 0 unspecified atom stereocenters. The molecule has 0 aliphatic heterocycles. The molecule has 1 saturated carbocycles. The molecule has 6 rings (SSSR count). The Morgan fingerprint density at radius 2 is 1.71 bits per heavy atom. The van der Waals surface area contributed by atoms with E-state index in [1.165, 1.54) is 56.2 Å². The summed E-state index contributed by atoms with van der Waals surface area (Å²) >= 11 is 0. The van der Waals surface area contributed by atoms with Crippen molar-refractivity contribution in [1.29, 1.82) is 0 Å². The minimum absolute atomic E-state index is 0.0331. The monoisotopic (exact) mass is 556 g/mol. The van der Waals surface area contributed by atoms with Crippen molar-refractivity contribution in [2.75, 3.05) is 7.11 Å². The summed E-state index contributed by atoms with van der Waals surface area (Å²) in [6.07, 6.45) is 4.82. The molecule has 3 heterocycles. The van der Waals surface area contributed by atoms with Gasteiger partial charge in [0.15, 0.2) is 17.4 Å². The van der Waals surface area contributed by atoms with Crippen molar-refractivity contribution in [2.45, 2.75) is 25.7 Å². The van der Waals surface area contributed by atoms with Crippen LogP contribution in [0.2, 0.25) is 0 Å². The fraction of sp³-hybridized carbons (Fsp3) is 0.200. The quantitative estimate of drug-likeness (QED) is 0.207. The summed E-state index contributed by atoms with van der Waals surface area (Å²) in [4.78, 5) is 34.5. The summed E-state index contributed by atoms with van der Waals surface area (Å²) in [6, 6.07) is 11.7. The second kappa shape index (κ2) is 10.5. The Kier molecular flexibility index (Phi) is 6.70. The van der Waals surface area contributed by atoms with Crippen LogP contribution in [0.5, 0.6) is 17.4 Å². The molecule has 0 spiro atoms. The molecule has 0 amide bonds. The van der Waals surface area contributed by atoms with Gasteiger partial charge in [-0.25, -0.2) is 13.8 Å². The Bertz CT molecular complexity index is 1770. The van der Waals surface area contributed by atoms with Gasteiger partial charge in [0.05, 0.1) is 23.6 Å². The Hall–Kier alpha value is -5.06. The van der Waals surface area contributed by atoms with Gasteiger partial charge in [-0.2, -0.15) is 0 Å². The van der Waals surface area contributed by atoms with E-state index in [9.17, 15) is 14.0 Å². The van der Waals surface area contributed by atoms with Crippen LogP contribution < -0.4 is 9.47 Å². The molecule has 9 nitrogen and oxygen atoms in total. The highest BCUT2D eigenvalue weighted by atomic mass is 19.1. The van der Waals surface area contributed by atoms with Gasteiger partial charge < -0.3 is 13.9 Å². The molecule has 11 heteroatoms. The van der Waals surface area contributed by atoms with Crippen molar-refractivity contribution in [3.8, 4) is 28.8 Å². The van der Waals surface area contributed by atoms with Gasteiger partial charge in [-0.15, -0.1) is 10.2 Å². The van der Waals surface area contributed by atoms with Gasteiger partial charge in [0.2, 0.25) is 6.39 Å². The summed E-state index contributed by atoms with van der Waals surface area (Å²) in [6.45, 7) is 0. The number of Topliss-reactive ketones (excluding diaryl/α,β-unsaturated/α-hetero) is 2. The first-order valence-electron chi connectivity index (χ1n) is 12.7. The summed E-state index contributed by atoms with van der Waals surface area (Å²) in [7, 11) is 1.50. The van der Waals surface area contributed by atoms with Crippen molar-refractivity contribution in [3.05, 3.63) is 90.1 Å². The highest BCUT2D eigenvalue weighted by Gasteiger charge is 2.54.